The second-order valence-electron chi connectivity index (χ2n) is 4.84. The summed E-state index contributed by atoms with van der Waals surface area (Å²) in [6.45, 7) is 1.38. The van der Waals surface area contributed by atoms with E-state index in [0.29, 0.717) is 42.5 Å². The molecule has 1 aromatic heterocycles. The Bertz CT molecular complexity index is 666. The van der Waals surface area contributed by atoms with Crippen molar-refractivity contribution in [2.75, 3.05) is 20.1 Å². The number of benzene rings is 1. The van der Waals surface area contributed by atoms with Crippen molar-refractivity contribution >= 4 is 16.8 Å². The number of nitrogens with one attached hydrogen (secondary N) is 3. The average Bonchev–Trinajstić information content (AvgIpc) is 2.48. The Labute approximate surface area is 123 Å². The molecule has 21 heavy (non-hydrogen) atoms. The van der Waals surface area contributed by atoms with Crippen molar-refractivity contribution in [2.45, 2.75) is 19.3 Å². The van der Waals surface area contributed by atoms with Crippen LogP contribution in [-0.2, 0) is 11.2 Å². The fraction of sp³-hybridized carbons (Fsp3) is 0.400. The van der Waals surface area contributed by atoms with E-state index in [1.165, 1.54) is 0 Å². The largest absolute Gasteiger partial charge is 0.355 e. The monoisotopic (exact) mass is 288 g/mol. The van der Waals surface area contributed by atoms with Gasteiger partial charge in [-0.1, -0.05) is 12.1 Å². The van der Waals surface area contributed by atoms with Gasteiger partial charge in [-0.3, -0.25) is 9.59 Å². The van der Waals surface area contributed by atoms with Crippen molar-refractivity contribution in [1.29, 1.82) is 0 Å². The average molecular weight is 288 g/mol. The lowest BCUT2D eigenvalue weighted by Gasteiger charge is -2.05. The summed E-state index contributed by atoms with van der Waals surface area (Å²) in [6, 6.07) is 7.24. The molecule has 0 unspecified atom stereocenters. The summed E-state index contributed by atoms with van der Waals surface area (Å²) in [4.78, 5) is 30.6. The molecule has 1 amide bonds. The van der Waals surface area contributed by atoms with E-state index in [2.05, 4.69) is 20.6 Å². The summed E-state index contributed by atoms with van der Waals surface area (Å²) in [5.41, 5.74) is 0.559. The summed E-state index contributed by atoms with van der Waals surface area (Å²) in [7, 11) is 1.84. The molecule has 0 spiro atoms. The van der Waals surface area contributed by atoms with Gasteiger partial charge in [0.1, 0.15) is 5.82 Å². The molecule has 0 saturated heterocycles. The van der Waals surface area contributed by atoms with E-state index in [1.807, 2.05) is 25.2 Å². The SMILES string of the molecule is CNCCNC(=O)CCCc1nc2ccccc2c(=O)[nH]1. The maximum Gasteiger partial charge on any atom is 0.258 e. The van der Waals surface area contributed by atoms with Crippen LogP contribution in [0.15, 0.2) is 29.1 Å². The Morgan fingerprint density at radius 3 is 2.90 bits per heavy atom. The van der Waals surface area contributed by atoms with Crippen molar-refractivity contribution in [3.63, 3.8) is 0 Å². The van der Waals surface area contributed by atoms with Crippen molar-refractivity contribution in [2.24, 2.45) is 0 Å². The lowest BCUT2D eigenvalue weighted by Crippen LogP contribution is -2.30. The van der Waals surface area contributed by atoms with Crippen LogP contribution in [0.5, 0.6) is 0 Å². The number of nitrogens with zero attached hydrogens (tertiary/aromatic N) is 1. The lowest BCUT2D eigenvalue weighted by atomic mass is 10.2. The number of hydrogen-bond donors (Lipinski definition) is 3. The van der Waals surface area contributed by atoms with E-state index < -0.39 is 0 Å². The topological polar surface area (TPSA) is 86.9 Å². The van der Waals surface area contributed by atoms with Crippen LogP contribution in [0.1, 0.15) is 18.7 Å². The number of aromatic amines is 1. The standard InChI is InChI=1S/C15H20N4O2/c1-16-9-10-17-14(20)8-4-7-13-18-12-6-3-2-5-11(12)15(21)19-13/h2-3,5-6,16H,4,7-10H2,1H3,(H,17,20)(H,18,19,21). The van der Waals surface area contributed by atoms with Gasteiger partial charge in [0.05, 0.1) is 10.9 Å². The van der Waals surface area contributed by atoms with E-state index in [4.69, 9.17) is 0 Å². The predicted molar refractivity (Wildman–Crippen MR) is 82.2 cm³/mol. The number of fused-ring (bicyclic) bond motifs is 1. The van der Waals surface area contributed by atoms with Crippen LogP contribution >= 0.6 is 0 Å². The van der Waals surface area contributed by atoms with Gasteiger partial charge in [-0.05, 0) is 25.6 Å². The Balaban J connectivity index is 1.89. The number of aryl methyl sites for hydroxylation is 1. The van der Waals surface area contributed by atoms with Crippen molar-refractivity contribution in [3.05, 3.63) is 40.4 Å². The first kappa shape index (κ1) is 15.2. The number of amides is 1. The predicted octanol–water partition coefficient (Wildman–Crippen LogP) is 0.581. The van der Waals surface area contributed by atoms with Gasteiger partial charge in [-0.15, -0.1) is 0 Å². The first-order chi connectivity index (χ1) is 10.2. The Hall–Kier alpha value is -2.21. The highest BCUT2D eigenvalue weighted by molar-refractivity contribution is 5.77. The lowest BCUT2D eigenvalue weighted by molar-refractivity contribution is -0.121. The van der Waals surface area contributed by atoms with Gasteiger partial charge in [0.25, 0.3) is 5.56 Å². The molecule has 0 atom stereocenters. The maximum absolute atomic E-state index is 11.9. The van der Waals surface area contributed by atoms with Crippen LogP contribution in [0, 0.1) is 0 Å². The molecule has 6 heteroatoms. The zero-order valence-electron chi connectivity index (χ0n) is 12.1. The molecule has 0 saturated carbocycles. The molecule has 2 rings (SSSR count). The summed E-state index contributed by atoms with van der Waals surface area (Å²) in [5.74, 6) is 0.648. The van der Waals surface area contributed by atoms with Crippen LogP contribution < -0.4 is 16.2 Å². The number of carbonyl (C=O) groups is 1. The van der Waals surface area contributed by atoms with Crippen molar-refractivity contribution in [3.8, 4) is 0 Å². The van der Waals surface area contributed by atoms with Crippen LogP contribution in [0.4, 0.5) is 0 Å². The molecule has 3 N–H and O–H groups in total. The normalized spacial score (nSPS) is 10.7. The summed E-state index contributed by atoms with van der Waals surface area (Å²) in [6.07, 6.45) is 1.67. The maximum atomic E-state index is 11.9. The van der Waals surface area contributed by atoms with Crippen LogP contribution in [-0.4, -0.2) is 36.0 Å². The molecule has 112 valence electrons. The zero-order chi connectivity index (χ0) is 15.1. The number of aromatic nitrogens is 2. The van der Waals surface area contributed by atoms with Crippen LogP contribution in [0.25, 0.3) is 10.9 Å². The molecule has 1 heterocycles. The van der Waals surface area contributed by atoms with Crippen molar-refractivity contribution < 1.29 is 4.79 Å². The summed E-state index contributed by atoms with van der Waals surface area (Å²) >= 11 is 0. The van der Waals surface area contributed by atoms with E-state index >= 15 is 0 Å². The second kappa shape index (κ2) is 7.54. The van der Waals surface area contributed by atoms with Crippen LogP contribution in [0.3, 0.4) is 0 Å². The van der Waals surface area contributed by atoms with Gasteiger partial charge in [0, 0.05) is 25.9 Å². The molecular formula is C15H20N4O2. The number of likely N-dealkylation sites (N-methyl/N-ethyl adjacent to an activating group) is 1. The number of H-pyrrole nitrogens is 1. The molecule has 0 aliphatic rings. The van der Waals surface area contributed by atoms with Crippen molar-refractivity contribution in [1.82, 2.24) is 20.6 Å². The van der Waals surface area contributed by atoms with Gasteiger partial charge < -0.3 is 15.6 Å². The third-order valence-corrected chi connectivity index (χ3v) is 3.18. The van der Waals surface area contributed by atoms with Gasteiger partial charge in [-0.2, -0.15) is 0 Å². The fourth-order valence-corrected chi connectivity index (χ4v) is 2.08. The Morgan fingerprint density at radius 1 is 1.29 bits per heavy atom. The summed E-state index contributed by atoms with van der Waals surface area (Å²) in [5, 5.41) is 6.37. The first-order valence-corrected chi connectivity index (χ1v) is 7.10. The van der Waals surface area contributed by atoms with E-state index in [9.17, 15) is 9.59 Å². The minimum Gasteiger partial charge on any atom is -0.355 e. The molecule has 6 nitrogen and oxygen atoms in total. The zero-order valence-corrected chi connectivity index (χ0v) is 12.1. The molecule has 0 aliphatic heterocycles. The van der Waals surface area contributed by atoms with Gasteiger partial charge in [0.2, 0.25) is 5.91 Å². The number of hydrogen-bond acceptors (Lipinski definition) is 4. The van der Waals surface area contributed by atoms with E-state index in [-0.39, 0.29) is 11.5 Å². The highest BCUT2D eigenvalue weighted by atomic mass is 16.1. The third-order valence-electron chi connectivity index (χ3n) is 3.18. The quantitative estimate of drug-likeness (QED) is 0.651. The fourth-order valence-electron chi connectivity index (χ4n) is 2.08. The summed E-state index contributed by atoms with van der Waals surface area (Å²) < 4.78 is 0. The number of carbonyl (C=O) groups excluding carboxylic acids is 1. The molecular weight excluding hydrogens is 268 g/mol. The molecule has 0 aliphatic carbocycles. The molecule has 0 bridgehead atoms. The van der Waals surface area contributed by atoms with Gasteiger partial charge in [0.15, 0.2) is 0 Å². The number of rotatable bonds is 7. The third kappa shape index (κ3) is 4.39. The second-order valence-corrected chi connectivity index (χ2v) is 4.84. The van der Waals surface area contributed by atoms with E-state index in [0.717, 1.165) is 6.54 Å². The molecule has 0 fully saturated rings. The Morgan fingerprint density at radius 2 is 2.10 bits per heavy atom. The highest BCUT2D eigenvalue weighted by Gasteiger charge is 2.05. The highest BCUT2D eigenvalue weighted by Crippen LogP contribution is 2.07. The minimum atomic E-state index is -0.130. The van der Waals surface area contributed by atoms with E-state index in [1.54, 1.807) is 6.07 Å². The minimum absolute atomic E-state index is 0.0217. The Kier molecular flexibility index (Phi) is 5.45. The van der Waals surface area contributed by atoms with Gasteiger partial charge in [-0.25, -0.2) is 4.98 Å². The molecule has 1 aromatic carbocycles. The number of para-hydroxylation sites is 1. The van der Waals surface area contributed by atoms with Gasteiger partial charge >= 0.3 is 0 Å². The molecule has 0 radical (unpaired) electrons. The first-order valence-electron chi connectivity index (χ1n) is 7.10. The molecule has 2 aromatic rings. The van der Waals surface area contributed by atoms with Crippen LogP contribution in [0.2, 0.25) is 0 Å². The smallest absolute Gasteiger partial charge is 0.258 e.